The molecule has 0 saturated heterocycles. The molecule has 0 radical (unpaired) electrons. The van der Waals surface area contributed by atoms with Crippen LogP contribution in [0.3, 0.4) is 0 Å². The van der Waals surface area contributed by atoms with Crippen molar-refractivity contribution in [3.63, 3.8) is 0 Å². The quantitative estimate of drug-likeness (QED) is 0.373. The second-order valence-corrected chi connectivity index (χ2v) is 1.46. The first-order valence-corrected chi connectivity index (χ1v) is 2.37. The highest BCUT2D eigenvalue weighted by Gasteiger charge is 1.97. The maximum atomic E-state index is 10.7. The van der Waals surface area contributed by atoms with Crippen LogP contribution in [0.4, 0.5) is 8.39 Å². The van der Waals surface area contributed by atoms with Gasteiger partial charge in [-0.05, 0) is 0 Å². The van der Waals surface area contributed by atoms with E-state index >= 15 is 0 Å². The maximum Gasteiger partial charge on any atom is 0.311 e. The third kappa shape index (κ3) is 4.31. The molecule has 0 rings (SSSR count). The Balaban J connectivity index is 2.54. The summed E-state index contributed by atoms with van der Waals surface area (Å²) < 4.78 is 21.4. The highest BCUT2D eigenvalue weighted by molar-refractivity contribution is 7.77. The SMILES string of the molecule is NBP(F)F. The van der Waals surface area contributed by atoms with Crippen molar-refractivity contribution < 1.29 is 8.39 Å². The van der Waals surface area contributed by atoms with Gasteiger partial charge in [-0.2, -0.15) is 8.39 Å². The van der Waals surface area contributed by atoms with Gasteiger partial charge in [0.15, 0.2) is 0 Å². The van der Waals surface area contributed by atoms with Crippen molar-refractivity contribution >= 4 is 15.6 Å². The van der Waals surface area contributed by atoms with E-state index in [0.29, 0.717) is 0 Å². The van der Waals surface area contributed by atoms with E-state index in [1.54, 1.807) is 0 Å². The molecule has 0 atom stereocenters. The Bertz CT molecular complexity index is 23.6. The molecular weight excluding hydrogens is 93.8 g/mol. The second-order valence-electron chi connectivity index (χ2n) is 0.486. The topological polar surface area (TPSA) is 26.0 Å². The van der Waals surface area contributed by atoms with Gasteiger partial charge in [-0.15, -0.1) is 0 Å². The number of halogens is 2. The molecule has 0 saturated carbocycles. The second kappa shape index (κ2) is 2.55. The van der Waals surface area contributed by atoms with E-state index in [9.17, 15) is 8.39 Å². The monoisotopic (exact) mass is 97.0 g/mol. The molecule has 1 nitrogen and oxygen atoms in total. The molecule has 0 aliphatic carbocycles. The van der Waals surface area contributed by atoms with Crippen molar-refractivity contribution in [2.45, 2.75) is 0 Å². The molecule has 0 aromatic heterocycles. The molecular formula is H3BF2NP. The van der Waals surface area contributed by atoms with Crippen molar-refractivity contribution in [1.82, 2.24) is 0 Å². The first kappa shape index (κ1) is 5.31. The lowest BCUT2D eigenvalue weighted by Gasteiger charge is -1.77. The van der Waals surface area contributed by atoms with Crippen molar-refractivity contribution in [2.24, 2.45) is 5.64 Å². The summed E-state index contributed by atoms with van der Waals surface area (Å²) in [5.41, 5.74) is 4.45. The predicted octanol–water partition coefficient (Wildman–Crippen LogP) is 0.462. The molecule has 5 heteroatoms. The lowest BCUT2D eigenvalue weighted by Crippen LogP contribution is -1.95. The Kier molecular flexibility index (Phi) is 2.71. The van der Waals surface area contributed by atoms with Crippen LogP contribution >= 0.6 is 8.42 Å². The Morgan fingerprint density at radius 3 is 1.80 bits per heavy atom. The Hall–Kier alpha value is 0.315. The largest absolute Gasteiger partial charge is 0.364 e. The molecule has 0 fully saturated rings. The molecule has 0 amide bonds. The van der Waals surface area contributed by atoms with Gasteiger partial charge in [-0.1, -0.05) is 0 Å². The molecule has 0 aromatic rings. The van der Waals surface area contributed by atoms with E-state index in [0.717, 1.165) is 0 Å². The van der Waals surface area contributed by atoms with Crippen LogP contribution in [0.15, 0.2) is 0 Å². The van der Waals surface area contributed by atoms with Crippen molar-refractivity contribution in [3.05, 3.63) is 0 Å². The normalized spacial score (nSPS) is 8.80. The lowest BCUT2D eigenvalue weighted by atomic mass is 10.5. The van der Waals surface area contributed by atoms with Crippen molar-refractivity contribution in [3.8, 4) is 0 Å². The van der Waals surface area contributed by atoms with Crippen LogP contribution in [-0.4, -0.2) is 7.13 Å². The summed E-state index contributed by atoms with van der Waals surface area (Å²) in [5.74, 6) is 0. The Morgan fingerprint density at radius 1 is 1.60 bits per heavy atom. The molecule has 30 valence electrons. The standard InChI is InChI=1S/BF2H3NP/c2-5(3)1-4/h1H,4H2. The number of hydrogen-bond donors (Lipinski definition) is 1. The average Bonchev–Trinajstić information content (AvgIpc) is 1.38. The van der Waals surface area contributed by atoms with E-state index in [2.05, 4.69) is 5.64 Å². The summed E-state index contributed by atoms with van der Waals surface area (Å²) in [6, 6.07) is 0. The van der Waals surface area contributed by atoms with Gasteiger partial charge in [-0.25, -0.2) is 0 Å². The molecule has 2 N–H and O–H groups in total. The Labute approximate surface area is 30.8 Å². The summed E-state index contributed by atoms with van der Waals surface area (Å²) in [6.07, 6.45) is 0. The minimum absolute atomic E-state index is 0.463. The number of hydrogen-bond acceptors (Lipinski definition) is 1. The van der Waals surface area contributed by atoms with Crippen molar-refractivity contribution in [2.75, 3.05) is 0 Å². The van der Waals surface area contributed by atoms with Gasteiger partial charge >= 0.3 is 7.13 Å². The summed E-state index contributed by atoms with van der Waals surface area (Å²) in [7, 11) is -3.28. The van der Waals surface area contributed by atoms with Crippen LogP contribution in [0, 0.1) is 0 Å². The van der Waals surface area contributed by atoms with E-state index < -0.39 is 15.6 Å². The van der Waals surface area contributed by atoms with Crippen LogP contribution in [0.2, 0.25) is 0 Å². The first-order valence-electron chi connectivity index (χ1n) is 1.06. The van der Waals surface area contributed by atoms with Crippen molar-refractivity contribution in [1.29, 1.82) is 0 Å². The van der Waals surface area contributed by atoms with Gasteiger partial charge in [0.1, 0.15) is 0 Å². The summed E-state index contributed by atoms with van der Waals surface area (Å²) in [5, 5.41) is 0. The zero-order chi connectivity index (χ0) is 4.28. The summed E-state index contributed by atoms with van der Waals surface area (Å²) in [4.78, 5) is 0. The van der Waals surface area contributed by atoms with Gasteiger partial charge in [0, 0.05) is 0 Å². The fraction of sp³-hybridized carbons (Fsp3) is 0. The van der Waals surface area contributed by atoms with Crippen LogP contribution in [0.25, 0.3) is 0 Å². The minimum Gasteiger partial charge on any atom is -0.364 e. The summed E-state index contributed by atoms with van der Waals surface area (Å²) >= 11 is 0. The predicted molar refractivity (Wildman–Crippen MR) is 20.5 cm³/mol. The van der Waals surface area contributed by atoms with Crippen LogP contribution in [0.1, 0.15) is 0 Å². The third-order valence-corrected chi connectivity index (χ3v) is 0.414. The molecule has 5 heavy (non-hydrogen) atoms. The molecule has 0 unspecified atom stereocenters. The third-order valence-electron chi connectivity index (χ3n) is 0.138. The van der Waals surface area contributed by atoms with Crippen LogP contribution < -0.4 is 5.64 Å². The highest BCUT2D eigenvalue weighted by Crippen LogP contribution is 2.33. The minimum atomic E-state index is -2.82. The molecule has 0 spiro atoms. The number of nitrogens with two attached hydrogens (primary N) is 1. The molecule has 0 heterocycles. The van der Waals surface area contributed by atoms with E-state index in [1.807, 2.05) is 0 Å². The average molecular weight is 96.8 g/mol. The molecule has 0 aliphatic rings. The zero-order valence-electron chi connectivity index (χ0n) is 2.49. The van der Waals surface area contributed by atoms with Gasteiger partial charge in [0.2, 0.25) is 8.42 Å². The van der Waals surface area contributed by atoms with Crippen LogP contribution in [-0.2, 0) is 0 Å². The fourth-order valence-electron chi connectivity index (χ4n) is 0. The highest BCUT2D eigenvalue weighted by atomic mass is 31.2. The van der Waals surface area contributed by atoms with E-state index in [-0.39, 0.29) is 0 Å². The van der Waals surface area contributed by atoms with Gasteiger partial charge in [-0.3, -0.25) is 0 Å². The van der Waals surface area contributed by atoms with Crippen LogP contribution in [0.5, 0.6) is 0 Å². The first-order chi connectivity index (χ1) is 2.27. The maximum absolute atomic E-state index is 10.7. The van der Waals surface area contributed by atoms with Gasteiger partial charge in [0.05, 0.1) is 0 Å². The fourth-order valence-corrected chi connectivity index (χ4v) is 0. The van der Waals surface area contributed by atoms with E-state index in [4.69, 9.17) is 0 Å². The molecule has 0 aliphatic heterocycles. The lowest BCUT2D eigenvalue weighted by molar-refractivity contribution is 0.771. The number of rotatable bonds is 1. The molecule has 0 aromatic carbocycles. The zero-order valence-corrected chi connectivity index (χ0v) is 3.38. The van der Waals surface area contributed by atoms with Gasteiger partial charge in [0.25, 0.3) is 0 Å². The van der Waals surface area contributed by atoms with Gasteiger partial charge < -0.3 is 5.64 Å². The molecule has 0 bridgehead atoms. The van der Waals surface area contributed by atoms with E-state index in [1.165, 1.54) is 0 Å². The summed E-state index contributed by atoms with van der Waals surface area (Å²) in [6.45, 7) is 0. The smallest absolute Gasteiger partial charge is 0.311 e. The Morgan fingerprint density at radius 2 is 1.80 bits per heavy atom.